The Morgan fingerprint density at radius 1 is 1.21 bits per heavy atom. The van der Waals surface area contributed by atoms with Gasteiger partial charge in [0.1, 0.15) is 16.3 Å². The molecular formula is C19H13F3N2O3S. The SMILES string of the molecule is O=C(O)CC1Cc2c(F)cccc2N(Cc2nc3c(F)c(F)ccc3s2)C1=O. The second-order valence-electron chi connectivity index (χ2n) is 6.48. The Morgan fingerprint density at radius 2 is 2.00 bits per heavy atom. The van der Waals surface area contributed by atoms with Gasteiger partial charge in [-0.3, -0.25) is 9.59 Å². The number of carbonyl (C=O) groups is 2. The summed E-state index contributed by atoms with van der Waals surface area (Å²) in [5, 5.41) is 9.41. The van der Waals surface area contributed by atoms with Crippen LogP contribution in [0.25, 0.3) is 10.2 Å². The predicted molar refractivity (Wildman–Crippen MR) is 96.6 cm³/mol. The molecule has 0 aliphatic carbocycles. The van der Waals surface area contributed by atoms with Crippen LogP contribution in [0.2, 0.25) is 0 Å². The lowest BCUT2D eigenvalue weighted by Crippen LogP contribution is -2.42. The number of aliphatic carboxylic acids is 1. The smallest absolute Gasteiger partial charge is 0.304 e. The molecule has 0 spiro atoms. The Labute approximate surface area is 161 Å². The zero-order valence-corrected chi connectivity index (χ0v) is 15.1. The molecule has 1 atom stereocenters. The lowest BCUT2D eigenvalue weighted by molar-refractivity contribution is -0.140. The summed E-state index contributed by atoms with van der Waals surface area (Å²) in [5.41, 5.74) is 0.454. The molecule has 0 saturated heterocycles. The molecule has 144 valence electrons. The molecule has 9 heteroatoms. The highest BCUT2D eigenvalue weighted by Crippen LogP contribution is 2.36. The van der Waals surface area contributed by atoms with E-state index in [-0.39, 0.29) is 24.0 Å². The molecule has 28 heavy (non-hydrogen) atoms. The second-order valence-corrected chi connectivity index (χ2v) is 7.59. The van der Waals surface area contributed by atoms with Crippen molar-refractivity contribution >= 4 is 39.1 Å². The minimum atomic E-state index is -1.16. The molecule has 1 aliphatic heterocycles. The highest BCUT2D eigenvalue weighted by molar-refractivity contribution is 7.18. The van der Waals surface area contributed by atoms with Crippen LogP contribution in [-0.2, 0) is 22.6 Å². The summed E-state index contributed by atoms with van der Waals surface area (Å²) >= 11 is 1.09. The monoisotopic (exact) mass is 406 g/mol. The molecule has 5 nitrogen and oxygen atoms in total. The van der Waals surface area contributed by atoms with Gasteiger partial charge in [-0.1, -0.05) is 6.07 Å². The van der Waals surface area contributed by atoms with Crippen LogP contribution >= 0.6 is 11.3 Å². The first-order valence-electron chi connectivity index (χ1n) is 8.39. The van der Waals surface area contributed by atoms with E-state index in [1.54, 1.807) is 6.07 Å². The van der Waals surface area contributed by atoms with Gasteiger partial charge in [-0.15, -0.1) is 11.3 Å². The minimum absolute atomic E-state index is 0.0106. The fourth-order valence-electron chi connectivity index (χ4n) is 3.39. The summed E-state index contributed by atoms with van der Waals surface area (Å²) in [6, 6.07) is 6.67. The molecule has 2 aromatic carbocycles. The topological polar surface area (TPSA) is 70.5 Å². The third-order valence-electron chi connectivity index (χ3n) is 4.66. The van der Waals surface area contributed by atoms with Crippen molar-refractivity contribution in [3.63, 3.8) is 0 Å². The number of carboxylic acids is 1. The first-order chi connectivity index (χ1) is 13.3. The fraction of sp³-hybridized carbons (Fsp3) is 0.211. The van der Waals surface area contributed by atoms with Crippen molar-refractivity contribution in [1.82, 2.24) is 4.98 Å². The molecule has 1 aliphatic rings. The van der Waals surface area contributed by atoms with Gasteiger partial charge < -0.3 is 10.0 Å². The number of carboxylic acid groups (broad SMARTS) is 1. The van der Waals surface area contributed by atoms with Crippen molar-refractivity contribution in [2.75, 3.05) is 4.90 Å². The van der Waals surface area contributed by atoms with Crippen molar-refractivity contribution in [3.8, 4) is 0 Å². The lowest BCUT2D eigenvalue weighted by atomic mass is 9.89. The number of aromatic nitrogens is 1. The molecule has 0 bridgehead atoms. The van der Waals surface area contributed by atoms with Crippen LogP contribution in [0.5, 0.6) is 0 Å². The van der Waals surface area contributed by atoms with Crippen LogP contribution in [0.3, 0.4) is 0 Å². The maximum absolute atomic E-state index is 14.3. The number of carbonyl (C=O) groups excluding carboxylic acids is 1. The normalized spacial score (nSPS) is 16.5. The number of thiazole rings is 1. The maximum atomic E-state index is 14.3. The Kier molecular flexibility index (Phi) is 4.54. The number of halogens is 3. The van der Waals surface area contributed by atoms with Crippen molar-refractivity contribution in [2.24, 2.45) is 5.92 Å². The average Bonchev–Trinajstić information content (AvgIpc) is 3.06. The largest absolute Gasteiger partial charge is 0.481 e. The number of amides is 1. The highest BCUT2D eigenvalue weighted by Gasteiger charge is 2.36. The molecule has 0 radical (unpaired) electrons. The van der Waals surface area contributed by atoms with Crippen LogP contribution in [0.15, 0.2) is 30.3 Å². The van der Waals surface area contributed by atoms with E-state index < -0.39 is 41.7 Å². The van der Waals surface area contributed by atoms with E-state index in [9.17, 15) is 22.8 Å². The number of benzene rings is 2. The molecular weight excluding hydrogens is 393 g/mol. The van der Waals surface area contributed by atoms with E-state index in [0.29, 0.717) is 15.4 Å². The molecule has 2 heterocycles. The number of hydrogen-bond donors (Lipinski definition) is 1. The third kappa shape index (κ3) is 3.11. The lowest BCUT2D eigenvalue weighted by Gasteiger charge is -2.33. The quantitative estimate of drug-likeness (QED) is 0.714. The van der Waals surface area contributed by atoms with Gasteiger partial charge in [-0.2, -0.15) is 0 Å². The fourth-order valence-corrected chi connectivity index (χ4v) is 4.35. The molecule has 3 aromatic rings. The van der Waals surface area contributed by atoms with Gasteiger partial charge >= 0.3 is 5.97 Å². The Bertz CT molecular complexity index is 1120. The Morgan fingerprint density at radius 3 is 2.75 bits per heavy atom. The van der Waals surface area contributed by atoms with Crippen LogP contribution in [0.1, 0.15) is 17.0 Å². The summed E-state index contributed by atoms with van der Waals surface area (Å²) < 4.78 is 42.1. The van der Waals surface area contributed by atoms with Gasteiger partial charge in [-0.25, -0.2) is 18.2 Å². The number of hydrogen-bond acceptors (Lipinski definition) is 4. The summed E-state index contributed by atoms with van der Waals surface area (Å²) in [6.07, 6.45) is -0.438. The zero-order chi connectivity index (χ0) is 20.0. The number of anilines is 1. The van der Waals surface area contributed by atoms with E-state index >= 15 is 0 Å². The number of rotatable bonds is 4. The Hall–Kier alpha value is -2.94. The predicted octanol–water partition coefficient (Wildman–Crippen LogP) is 3.89. The summed E-state index contributed by atoms with van der Waals surface area (Å²) in [5.74, 6) is -5.15. The molecule has 1 amide bonds. The van der Waals surface area contributed by atoms with Gasteiger partial charge in [0.2, 0.25) is 5.91 Å². The van der Waals surface area contributed by atoms with Crippen LogP contribution < -0.4 is 4.90 Å². The van der Waals surface area contributed by atoms with Gasteiger partial charge in [0.25, 0.3) is 0 Å². The van der Waals surface area contributed by atoms with Crippen molar-refractivity contribution in [1.29, 1.82) is 0 Å². The van der Waals surface area contributed by atoms with E-state index in [1.807, 2.05) is 0 Å². The van der Waals surface area contributed by atoms with Crippen LogP contribution in [-0.4, -0.2) is 22.0 Å². The molecule has 1 unspecified atom stereocenters. The van der Waals surface area contributed by atoms with Gasteiger partial charge in [0.05, 0.1) is 29.3 Å². The first kappa shape index (κ1) is 18.4. The van der Waals surface area contributed by atoms with E-state index in [2.05, 4.69) is 4.98 Å². The molecule has 0 saturated carbocycles. The van der Waals surface area contributed by atoms with Crippen molar-refractivity contribution in [3.05, 3.63) is 58.4 Å². The molecule has 1 aromatic heterocycles. The Balaban J connectivity index is 1.75. The number of nitrogens with zero attached hydrogens (tertiary/aromatic N) is 2. The minimum Gasteiger partial charge on any atom is -0.481 e. The van der Waals surface area contributed by atoms with Crippen molar-refractivity contribution < 1.29 is 27.9 Å². The van der Waals surface area contributed by atoms with Crippen LogP contribution in [0, 0.1) is 23.4 Å². The standard InChI is InChI=1S/C19H13F3N2O3S/c20-11-2-1-3-13-10(11)6-9(7-16(25)26)19(27)24(13)8-15-23-18-14(28-15)5-4-12(21)17(18)22/h1-5,9H,6-8H2,(H,25,26). The van der Waals surface area contributed by atoms with E-state index in [1.165, 1.54) is 23.1 Å². The molecule has 1 N–H and O–H groups in total. The summed E-state index contributed by atoms with van der Waals surface area (Å²) in [6.45, 7) is -0.0915. The van der Waals surface area contributed by atoms with Crippen molar-refractivity contribution in [2.45, 2.75) is 19.4 Å². The van der Waals surface area contributed by atoms with Crippen LogP contribution in [0.4, 0.5) is 18.9 Å². The second kappa shape index (κ2) is 6.90. The zero-order valence-electron chi connectivity index (χ0n) is 14.3. The third-order valence-corrected chi connectivity index (χ3v) is 5.67. The number of fused-ring (bicyclic) bond motifs is 2. The summed E-state index contributed by atoms with van der Waals surface area (Å²) in [4.78, 5) is 29.3. The van der Waals surface area contributed by atoms with E-state index in [0.717, 1.165) is 17.4 Å². The van der Waals surface area contributed by atoms with Gasteiger partial charge in [-0.05, 0) is 30.7 Å². The van der Waals surface area contributed by atoms with Gasteiger partial charge in [0.15, 0.2) is 11.6 Å². The first-order valence-corrected chi connectivity index (χ1v) is 9.20. The maximum Gasteiger partial charge on any atom is 0.304 e. The highest BCUT2D eigenvalue weighted by atomic mass is 32.1. The van der Waals surface area contributed by atoms with Gasteiger partial charge in [0, 0.05) is 5.56 Å². The summed E-state index contributed by atoms with van der Waals surface area (Å²) in [7, 11) is 0. The molecule has 4 rings (SSSR count). The molecule has 0 fully saturated rings. The van der Waals surface area contributed by atoms with E-state index in [4.69, 9.17) is 5.11 Å². The average molecular weight is 406 g/mol.